The summed E-state index contributed by atoms with van der Waals surface area (Å²) in [6, 6.07) is 0. The number of aliphatic hydroxyl groups is 1. The van der Waals surface area contributed by atoms with Crippen LogP contribution in [0, 0.1) is 0 Å². The van der Waals surface area contributed by atoms with E-state index in [2.05, 4.69) is 20.5 Å². The van der Waals surface area contributed by atoms with Crippen molar-refractivity contribution < 1.29 is 19.8 Å². The summed E-state index contributed by atoms with van der Waals surface area (Å²) in [6.07, 6.45) is 0.586. The first kappa shape index (κ1) is 12.5. The number of carboxylic acids is 1. The van der Waals surface area contributed by atoms with Crippen LogP contribution in [0.4, 0.5) is 0 Å². The van der Waals surface area contributed by atoms with Gasteiger partial charge in [-0.25, -0.2) is 9.78 Å². The van der Waals surface area contributed by atoms with Gasteiger partial charge in [0.25, 0.3) is 5.91 Å². The van der Waals surface area contributed by atoms with Crippen LogP contribution in [0.25, 0.3) is 0 Å². The van der Waals surface area contributed by atoms with Gasteiger partial charge in [-0.15, -0.1) is 5.10 Å². The molecule has 1 fully saturated rings. The Bertz CT molecular complexity index is 454. The molecule has 0 aliphatic heterocycles. The van der Waals surface area contributed by atoms with E-state index in [1.54, 1.807) is 0 Å². The molecule has 1 saturated carbocycles. The second-order valence-electron chi connectivity index (χ2n) is 4.22. The molecule has 1 atom stereocenters. The average Bonchev–Trinajstić information content (AvgIpc) is 3.06. The molecule has 1 aromatic heterocycles. The van der Waals surface area contributed by atoms with Gasteiger partial charge in [-0.3, -0.25) is 9.89 Å². The van der Waals surface area contributed by atoms with Crippen LogP contribution in [0.1, 0.15) is 41.6 Å². The van der Waals surface area contributed by atoms with Gasteiger partial charge in [-0.1, -0.05) is 0 Å². The van der Waals surface area contributed by atoms with E-state index in [0.29, 0.717) is 11.7 Å². The zero-order valence-corrected chi connectivity index (χ0v) is 9.59. The third kappa shape index (κ3) is 3.04. The number of carbonyl (C=O) groups excluding carboxylic acids is 1. The number of rotatable bonds is 6. The highest BCUT2D eigenvalue weighted by Crippen LogP contribution is 2.37. The standard InChI is InChI=1S/C10H14N4O4/c15-6(10(17)18)3-4-11-9(16)8-12-7(13-14-8)5-1-2-5/h5-6,15H,1-4H2,(H,11,16)(H,17,18)(H,12,13,14). The Morgan fingerprint density at radius 3 is 2.83 bits per heavy atom. The number of aromatic amines is 1. The predicted molar refractivity (Wildman–Crippen MR) is 59.0 cm³/mol. The number of carboxylic acid groups (broad SMARTS) is 1. The van der Waals surface area contributed by atoms with E-state index in [0.717, 1.165) is 12.8 Å². The van der Waals surface area contributed by atoms with Crippen LogP contribution in [0.2, 0.25) is 0 Å². The van der Waals surface area contributed by atoms with Crippen molar-refractivity contribution in [3.8, 4) is 0 Å². The highest BCUT2D eigenvalue weighted by molar-refractivity contribution is 5.90. The summed E-state index contributed by atoms with van der Waals surface area (Å²) in [4.78, 5) is 26.0. The van der Waals surface area contributed by atoms with Gasteiger partial charge >= 0.3 is 5.97 Å². The average molecular weight is 254 g/mol. The van der Waals surface area contributed by atoms with Crippen molar-refractivity contribution in [3.05, 3.63) is 11.6 Å². The fraction of sp³-hybridized carbons (Fsp3) is 0.600. The minimum absolute atomic E-state index is 0.0433. The molecule has 18 heavy (non-hydrogen) atoms. The number of carbonyl (C=O) groups is 2. The largest absolute Gasteiger partial charge is 0.479 e. The lowest BCUT2D eigenvalue weighted by Gasteiger charge is -2.05. The Labute approximate surface area is 102 Å². The van der Waals surface area contributed by atoms with E-state index in [-0.39, 0.29) is 18.8 Å². The van der Waals surface area contributed by atoms with E-state index < -0.39 is 18.0 Å². The van der Waals surface area contributed by atoms with Gasteiger partial charge in [0.1, 0.15) is 5.82 Å². The van der Waals surface area contributed by atoms with Gasteiger partial charge in [0.2, 0.25) is 5.82 Å². The van der Waals surface area contributed by atoms with Gasteiger partial charge in [-0.2, -0.15) is 0 Å². The molecule has 0 bridgehead atoms. The first-order valence-electron chi connectivity index (χ1n) is 5.69. The van der Waals surface area contributed by atoms with E-state index in [1.165, 1.54) is 0 Å². The first-order valence-corrected chi connectivity index (χ1v) is 5.69. The molecule has 1 aliphatic carbocycles. The SMILES string of the molecule is O=C(NCCC(O)C(=O)O)c1n[nH]c(C2CC2)n1. The van der Waals surface area contributed by atoms with Crippen LogP contribution in [-0.2, 0) is 4.79 Å². The van der Waals surface area contributed by atoms with Crippen LogP contribution in [-0.4, -0.2) is 49.9 Å². The second-order valence-corrected chi connectivity index (χ2v) is 4.22. The van der Waals surface area contributed by atoms with Crippen molar-refractivity contribution in [1.29, 1.82) is 0 Å². The summed E-state index contributed by atoms with van der Waals surface area (Å²) in [5, 5.41) is 26.4. The molecule has 98 valence electrons. The summed E-state index contributed by atoms with van der Waals surface area (Å²) in [5.74, 6) is -0.644. The van der Waals surface area contributed by atoms with Crippen LogP contribution in [0.3, 0.4) is 0 Å². The van der Waals surface area contributed by atoms with Crippen molar-refractivity contribution in [2.45, 2.75) is 31.3 Å². The second kappa shape index (κ2) is 5.13. The maximum Gasteiger partial charge on any atom is 0.332 e. The number of aliphatic carboxylic acids is 1. The van der Waals surface area contributed by atoms with Gasteiger partial charge in [0.05, 0.1) is 0 Å². The number of amides is 1. The van der Waals surface area contributed by atoms with E-state index in [1.807, 2.05) is 0 Å². The number of hydrogen-bond donors (Lipinski definition) is 4. The fourth-order valence-corrected chi connectivity index (χ4v) is 1.44. The Morgan fingerprint density at radius 2 is 2.22 bits per heavy atom. The highest BCUT2D eigenvalue weighted by atomic mass is 16.4. The van der Waals surface area contributed by atoms with E-state index in [9.17, 15) is 9.59 Å². The number of hydrogen-bond acceptors (Lipinski definition) is 5. The van der Waals surface area contributed by atoms with Gasteiger partial charge in [0.15, 0.2) is 6.10 Å². The Hall–Kier alpha value is -1.96. The minimum Gasteiger partial charge on any atom is -0.479 e. The molecule has 2 rings (SSSR count). The predicted octanol–water partition coefficient (Wildman–Crippen LogP) is -0.753. The number of H-pyrrole nitrogens is 1. The molecular weight excluding hydrogens is 240 g/mol. The Balaban J connectivity index is 1.78. The lowest BCUT2D eigenvalue weighted by atomic mass is 10.2. The Kier molecular flexibility index (Phi) is 3.56. The molecule has 0 aromatic carbocycles. The molecule has 1 amide bonds. The molecule has 1 aliphatic rings. The third-order valence-electron chi connectivity index (χ3n) is 2.66. The maximum atomic E-state index is 11.6. The van der Waals surface area contributed by atoms with Crippen molar-refractivity contribution in [2.24, 2.45) is 0 Å². The minimum atomic E-state index is -1.47. The van der Waals surface area contributed by atoms with Gasteiger partial charge in [-0.05, 0) is 12.8 Å². The van der Waals surface area contributed by atoms with Crippen molar-refractivity contribution >= 4 is 11.9 Å². The molecule has 1 unspecified atom stereocenters. The molecule has 4 N–H and O–H groups in total. The lowest BCUT2D eigenvalue weighted by molar-refractivity contribution is -0.146. The summed E-state index contributed by atoms with van der Waals surface area (Å²) in [5.41, 5.74) is 0. The third-order valence-corrected chi connectivity index (χ3v) is 2.66. The van der Waals surface area contributed by atoms with Crippen molar-refractivity contribution in [1.82, 2.24) is 20.5 Å². The normalized spacial score (nSPS) is 16.3. The summed E-state index contributed by atoms with van der Waals surface area (Å²) in [7, 11) is 0. The molecular formula is C10H14N4O4. The van der Waals surface area contributed by atoms with Gasteiger partial charge < -0.3 is 15.5 Å². The molecule has 0 radical (unpaired) electrons. The monoisotopic (exact) mass is 254 g/mol. The summed E-state index contributed by atoms with van der Waals surface area (Å²) >= 11 is 0. The first-order chi connectivity index (χ1) is 8.58. The highest BCUT2D eigenvalue weighted by Gasteiger charge is 2.28. The molecule has 1 heterocycles. The van der Waals surface area contributed by atoms with Crippen LogP contribution < -0.4 is 5.32 Å². The molecule has 8 nitrogen and oxygen atoms in total. The molecule has 0 spiro atoms. The van der Waals surface area contributed by atoms with Crippen LogP contribution in [0.5, 0.6) is 0 Å². The quantitative estimate of drug-likeness (QED) is 0.528. The molecule has 8 heteroatoms. The lowest BCUT2D eigenvalue weighted by Crippen LogP contribution is -2.30. The smallest absolute Gasteiger partial charge is 0.332 e. The number of aromatic nitrogens is 3. The molecule has 1 aromatic rings. The number of nitrogens with zero attached hydrogens (tertiary/aromatic N) is 2. The number of aliphatic hydroxyl groups excluding tert-OH is 1. The van der Waals surface area contributed by atoms with E-state index >= 15 is 0 Å². The van der Waals surface area contributed by atoms with Crippen LogP contribution >= 0.6 is 0 Å². The summed E-state index contributed by atoms with van der Waals surface area (Å²) < 4.78 is 0. The number of nitrogens with one attached hydrogen (secondary N) is 2. The van der Waals surface area contributed by atoms with E-state index in [4.69, 9.17) is 10.2 Å². The van der Waals surface area contributed by atoms with Crippen LogP contribution in [0.15, 0.2) is 0 Å². The zero-order valence-electron chi connectivity index (χ0n) is 9.59. The zero-order chi connectivity index (χ0) is 13.1. The molecule has 0 saturated heterocycles. The Morgan fingerprint density at radius 1 is 1.50 bits per heavy atom. The fourth-order valence-electron chi connectivity index (χ4n) is 1.44. The van der Waals surface area contributed by atoms with Gasteiger partial charge in [0, 0.05) is 18.9 Å². The topological polar surface area (TPSA) is 128 Å². The summed E-state index contributed by atoms with van der Waals surface area (Å²) in [6.45, 7) is 0.0552. The maximum absolute atomic E-state index is 11.6. The van der Waals surface area contributed by atoms with Crippen molar-refractivity contribution in [2.75, 3.05) is 6.54 Å². The van der Waals surface area contributed by atoms with Crippen molar-refractivity contribution in [3.63, 3.8) is 0 Å².